The van der Waals surface area contributed by atoms with Gasteiger partial charge in [-0.1, -0.05) is 17.4 Å². The summed E-state index contributed by atoms with van der Waals surface area (Å²) in [6.07, 6.45) is 0. The SMILES string of the molecule is CN(C)[C@@H](CNC(=O)Nc1nncs1)c1cccs1. The standard InChI is InChI=1S/C11H15N5OS2/c1-16(2)8(9-4-3-5-18-9)6-12-10(17)14-11-15-13-7-19-11/h3-5,7-8H,6H2,1-2H3,(H2,12,14,15,17)/t8-/m0/s1. The highest BCUT2D eigenvalue weighted by atomic mass is 32.1. The van der Waals surface area contributed by atoms with Gasteiger partial charge in [0.05, 0.1) is 6.04 Å². The van der Waals surface area contributed by atoms with E-state index in [2.05, 4.69) is 31.8 Å². The first-order chi connectivity index (χ1) is 9.16. The largest absolute Gasteiger partial charge is 0.336 e. The molecule has 0 aliphatic heterocycles. The van der Waals surface area contributed by atoms with Crippen molar-refractivity contribution >= 4 is 33.8 Å². The molecule has 2 aromatic rings. The van der Waals surface area contributed by atoms with E-state index in [-0.39, 0.29) is 12.1 Å². The third-order valence-electron chi connectivity index (χ3n) is 2.53. The van der Waals surface area contributed by atoms with E-state index >= 15 is 0 Å². The Morgan fingerprint density at radius 1 is 1.47 bits per heavy atom. The van der Waals surface area contributed by atoms with Gasteiger partial charge in [0, 0.05) is 11.4 Å². The summed E-state index contributed by atoms with van der Waals surface area (Å²) in [7, 11) is 3.99. The minimum Gasteiger partial charge on any atom is -0.336 e. The van der Waals surface area contributed by atoms with Crippen LogP contribution in [-0.2, 0) is 0 Å². The molecule has 0 bridgehead atoms. The summed E-state index contributed by atoms with van der Waals surface area (Å²) in [6, 6.07) is 3.98. The third kappa shape index (κ3) is 3.98. The normalized spacial score (nSPS) is 12.4. The molecule has 2 rings (SSSR count). The van der Waals surface area contributed by atoms with Crippen LogP contribution in [0.1, 0.15) is 10.9 Å². The summed E-state index contributed by atoms with van der Waals surface area (Å²) in [5, 5.41) is 15.4. The van der Waals surface area contributed by atoms with Crippen LogP contribution in [0.4, 0.5) is 9.93 Å². The first-order valence-electron chi connectivity index (χ1n) is 5.67. The molecule has 2 heterocycles. The van der Waals surface area contributed by atoms with Gasteiger partial charge in [-0.2, -0.15) is 0 Å². The van der Waals surface area contributed by atoms with Crippen LogP contribution < -0.4 is 10.6 Å². The van der Waals surface area contributed by atoms with Crippen molar-refractivity contribution in [2.45, 2.75) is 6.04 Å². The van der Waals surface area contributed by atoms with Gasteiger partial charge < -0.3 is 10.2 Å². The molecule has 102 valence electrons. The lowest BCUT2D eigenvalue weighted by Crippen LogP contribution is -2.36. The number of carbonyl (C=O) groups excluding carboxylic acids is 1. The molecule has 0 aliphatic rings. The van der Waals surface area contributed by atoms with Gasteiger partial charge in [0.25, 0.3) is 0 Å². The van der Waals surface area contributed by atoms with Crippen LogP contribution in [0.2, 0.25) is 0 Å². The van der Waals surface area contributed by atoms with Gasteiger partial charge in [-0.15, -0.1) is 21.5 Å². The van der Waals surface area contributed by atoms with Crippen LogP contribution in [0.3, 0.4) is 0 Å². The van der Waals surface area contributed by atoms with Crippen LogP contribution >= 0.6 is 22.7 Å². The van der Waals surface area contributed by atoms with Crippen molar-refractivity contribution in [2.75, 3.05) is 26.0 Å². The molecule has 0 unspecified atom stereocenters. The molecular weight excluding hydrogens is 282 g/mol. The van der Waals surface area contributed by atoms with Crippen LogP contribution in [0, 0.1) is 0 Å². The number of carbonyl (C=O) groups is 1. The molecule has 0 radical (unpaired) electrons. The molecule has 0 saturated carbocycles. The van der Waals surface area contributed by atoms with Gasteiger partial charge in [0.2, 0.25) is 5.13 Å². The molecule has 0 aromatic carbocycles. The quantitative estimate of drug-likeness (QED) is 0.886. The Kier molecular flexibility index (Phi) is 4.83. The fourth-order valence-electron chi connectivity index (χ4n) is 1.58. The Morgan fingerprint density at radius 3 is 2.89 bits per heavy atom. The zero-order chi connectivity index (χ0) is 13.7. The number of anilines is 1. The predicted molar refractivity (Wildman–Crippen MR) is 77.7 cm³/mol. The number of aromatic nitrogens is 2. The zero-order valence-corrected chi connectivity index (χ0v) is 12.3. The van der Waals surface area contributed by atoms with Gasteiger partial charge in [-0.3, -0.25) is 5.32 Å². The van der Waals surface area contributed by atoms with Crippen molar-refractivity contribution in [2.24, 2.45) is 0 Å². The van der Waals surface area contributed by atoms with Crippen molar-refractivity contribution in [1.29, 1.82) is 0 Å². The number of nitrogens with zero attached hydrogens (tertiary/aromatic N) is 3. The Bertz CT molecular complexity index is 497. The van der Waals surface area contributed by atoms with E-state index < -0.39 is 0 Å². The topological polar surface area (TPSA) is 70.2 Å². The molecule has 8 heteroatoms. The number of thiophene rings is 1. The fraction of sp³-hybridized carbons (Fsp3) is 0.364. The van der Waals surface area contributed by atoms with Gasteiger partial charge in [-0.05, 0) is 25.5 Å². The number of amides is 2. The van der Waals surface area contributed by atoms with Gasteiger partial charge in [0.15, 0.2) is 0 Å². The number of nitrogens with one attached hydrogen (secondary N) is 2. The molecule has 0 fully saturated rings. The maximum absolute atomic E-state index is 11.7. The lowest BCUT2D eigenvalue weighted by Gasteiger charge is -2.23. The van der Waals surface area contributed by atoms with Crippen molar-refractivity contribution in [3.8, 4) is 0 Å². The smallest absolute Gasteiger partial charge is 0.321 e. The number of hydrogen-bond acceptors (Lipinski definition) is 6. The van der Waals surface area contributed by atoms with E-state index in [0.717, 1.165) is 0 Å². The van der Waals surface area contributed by atoms with Crippen molar-refractivity contribution < 1.29 is 4.79 Å². The highest BCUT2D eigenvalue weighted by molar-refractivity contribution is 7.13. The second-order valence-electron chi connectivity index (χ2n) is 4.07. The first kappa shape index (κ1) is 13.9. The van der Waals surface area contributed by atoms with Crippen LogP contribution in [0.25, 0.3) is 0 Å². The van der Waals surface area contributed by atoms with E-state index in [9.17, 15) is 4.79 Å². The Morgan fingerprint density at radius 2 is 2.32 bits per heavy atom. The first-order valence-corrected chi connectivity index (χ1v) is 7.43. The summed E-state index contributed by atoms with van der Waals surface area (Å²) in [6.45, 7) is 0.540. The highest BCUT2D eigenvalue weighted by Crippen LogP contribution is 2.22. The van der Waals surface area contributed by atoms with Crippen molar-refractivity contribution in [1.82, 2.24) is 20.4 Å². The molecule has 2 N–H and O–H groups in total. The Balaban J connectivity index is 1.87. The van der Waals surface area contributed by atoms with Crippen molar-refractivity contribution in [3.05, 3.63) is 27.9 Å². The van der Waals surface area contributed by atoms with Gasteiger partial charge in [0.1, 0.15) is 5.51 Å². The molecule has 0 saturated heterocycles. The average Bonchev–Trinajstić information content (AvgIpc) is 3.01. The average molecular weight is 297 g/mol. The van der Waals surface area contributed by atoms with E-state index in [0.29, 0.717) is 11.7 Å². The Labute approximate surface area is 119 Å². The van der Waals surface area contributed by atoms with Crippen LogP contribution in [0.5, 0.6) is 0 Å². The third-order valence-corrected chi connectivity index (χ3v) is 4.11. The summed E-state index contributed by atoms with van der Waals surface area (Å²) >= 11 is 2.97. The summed E-state index contributed by atoms with van der Waals surface area (Å²) < 4.78 is 0. The molecular formula is C11H15N5OS2. The zero-order valence-electron chi connectivity index (χ0n) is 10.7. The van der Waals surface area contributed by atoms with E-state index in [1.165, 1.54) is 16.2 Å². The van der Waals surface area contributed by atoms with Crippen molar-refractivity contribution in [3.63, 3.8) is 0 Å². The minimum atomic E-state index is -0.264. The maximum Gasteiger partial charge on any atom is 0.321 e. The van der Waals surface area contributed by atoms with Gasteiger partial charge >= 0.3 is 6.03 Å². The lowest BCUT2D eigenvalue weighted by atomic mass is 10.2. The van der Waals surface area contributed by atoms with Crippen LogP contribution in [0.15, 0.2) is 23.0 Å². The molecule has 1 atom stereocenters. The fourth-order valence-corrected chi connectivity index (χ4v) is 2.94. The number of hydrogen-bond donors (Lipinski definition) is 2. The second kappa shape index (κ2) is 6.60. The predicted octanol–water partition coefficient (Wildman–Crippen LogP) is 2.02. The summed E-state index contributed by atoms with van der Waals surface area (Å²) in [5.41, 5.74) is 1.57. The van der Waals surface area contributed by atoms with E-state index in [1.807, 2.05) is 25.5 Å². The van der Waals surface area contributed by atoms with E-state index in [1.54, 1.807) is 16.8 Å². The molecule has 2 amide bonds. The minimum absolute atomic E-state index is 0.167. The molecule has 6 nitrogen and oxygen atoms in total. The molecule has 0 spiro atoms. The van der Waals surface area contributed by atoms with Gasteiger partial charge in [-0.25, -0.2) is 4.79 Å². The summed E-state index contributed by atoms with van der Waals surface area (Å²) in [4.78, 5) is 15.0. The number of urea groups is 1. The molecule has 0 aliphatic carbocycles. The monoisotopic (exact) mass is 297 g/mol. The summed E-state index contributed by atoms with van der Waals surface area (Å²) in [5.74, 6) is 0. The number of rotatable bonds is 5. The molecule has 19 heavy (non-hydrogen) atoms. The van der Waals surface area contributed by atoms with Crippen LogP contribution in [-0.4, -0.2) is 41.8 Å². The lowest BCUT2D eigenvalue weighted by molar-refractivity contribution is 0.244. The Hall–Kier alpha value is -1.51. The maximum atomic E-state index is 11.7. The highest BCUT2D eigenvalue weighted by Gasteiger charge is 2.16. The van der Waals surface area contributed by atoms with E-state index in [4.69, 9.17) is 0 Å². The molecule has 2 aromatic heterocycles. The number of likely N-dealkylation sites (N-methyl/N-ethyl adjacent to an activating group) is 1. The second-order valence-corrected chi connectivity index (χ2v) is 5.89.